The number of benzene rings is 2. The molecule has 1 aliphatic rings. The maximum atomic E-state index is 15.2. The number of piperidine rings is 1. The van der Waals surface area contributed by atoms with Gasteiger partial charge < -0.3 is 10.0 Å². The van der Waals surface area contributed by atoms with Crippen molar-refractivity contribution in [2.45, 2.75) is 31.3 Å². The highest BCUT2D eigenvalue weighted by Crippen LogP contribution is 2.44. The number of fused-ring (bicyclic) bond motifs is 1. The molecule has 1 saturated heterocycles. The maximum Gasteiger partial charge on any atom is 0.280 e. The Balaban J connectivity index is 1.42. The Morgan fingerprint density at radius 3 is 2.55 bits per heavy atom. The summed E-state index contributed by atoms with van der Waals surface area (Å²) in [5.74, 6) is -4.55. The van der Waals surface area contributed by atoms with Crippen molar-refractivity contribution in [2.24, 2.45) is 5.92 Å². The molecule has 2 heterocycles. The first kappa shape index (κ1) is 22.0. The van der Waals surface area contributed by atoms with Gasteiger partial charge in [0.25, 0.3) is 5.92 Å². The number of carbonyl (C=O) groups is 1. The molecule has 3 aromatic rings. The molecule has 2 N–H and O–H groups in total. The van der Waals surface area contributed by atoms with Gasteiger partial charge in [0.1, 0.15) is 6.10 Å². The number of rotatable bonds is 5. The lowest BCUT2D eigenvalue weighted by Gasteiger charge is -2.38. The predicted molar refractivity (Wildman–Crippen MR) is 115 cm³/mol. The van der Waals surface area contributed by atoms with E-state index < -0.39 is 17.9 Å². The van der Waals surface area contributed by atoms with Gasteiger partial charge in [-0.1, -0.05) is 35.3 Å². The van der Waals surface area contributed by atoms with Crippen LogP contribution in [-0.4, -0.2) is 45.1 Å². The molecule has 1 fully saturated rings. The minimum Gasteiger partial charge on any atom is -0.382 e. The number of alkyl halides is 2. The molecule has 4 rings (SSSR count). The second-order valence-electron chi connectivity index (χ2n) is 7.86. The number of likely N-dealkylation sites (tertiary alicyclic amines) is 1. The van der Waals surface area contributed by atoms with Crippen LogP contribution >= 0.6 is 23.2 Å². The Bertz CT molecular complexity index is 1080. The zero-order chi connectivity index (χ0) is 22.2. The van der Waals surface area contributed by atoms with Crippen LogP contribution in [0.4, 0.5) is 8.78 Å². The number of halogens is 4. The van der Waals surface area contributed by atoms with Crippen LogP contribution in [0.2, 0.25) is 10.0 Å². The molecule has 164 valence electrons. The van der Waals surface area contributed by atoms with E-state index in [0.717, 1.165) is 5.56 Å². The third-order valence-electron chi connectivity index (χ3n) is 5.86. The Morgan fingerprint density at radius 2 is 1.87 bits per heavy atom. The van der Waals surface area contributed by atoms with Crippen molar-refractivity contribution >= 4 is 40.0 Å². The first-order valence-corrected chi connectivity index (χ1v) is 10.7. The van der Waals surface area contributed by atoms with Gasteiger partial charge in [-0.15, -0.1) is 0 Å². The molecule has 9 heteroatoms. The first-order valence-electron chi connectivity index (χ1n) is 9.96. The lowest BCUT2D eigenvalue weighted by molar-refractivity contribution is -0.164. The van der Waals surface area contributed by atoms with E-state index in [4.69, 9.17) is 23.2 Å². The van der Waals surface area contributed by atoms with Gasteiger partial charge in [-0.25, -0.2) is 8.78 Å². The molecule has 0 bridgehead atoms. The van der Waals surface area contributed by atoms with E-state index in [1.807, 2.05) is 0 Å². The third kappa shape index (κ3) is 4.54. The van der Waals surface area contributed by atoms with Gasteiger partial charge >= 0.3 is 0 Å². The molecule has 1 aliphatic heterocycles. The monoisotopic (exact) mass is 467 g/mol. The number of aromatic nitrogens is 2. The van der Waals surface area contributed by atoms with E-state index >= 15 is 8.78 Å². The molecule has 0 spiro atoms. The second kappa shape index (κ2) is 8.73. The SMILES string of the molecule is O=C(Cc1ccc(Cl)cc1)N1CCC(C(F)(F)C(O)c2cc(Cl)cc3cn[nH]c23)CC1. The summed E-state index contributed by atoms with van der Waals surface area (Å²) in [4.78, 5) is 14.1. The van der Waals surface area contributed by atoms with Crippen molar-refractivity contribution in [3.8, 4) is 0 Å². The fraction of sp³-hybridized carbons (Fsp3) is 0.364. The molecule has 1 amide bonds. The van der Waals surface area contributed by atoms with Crippen LogP contribution in [0.3, 0.4) is 0 Å². The van der Waals surface area contributed by atoms with Crippen molar-refractivity contribution in [3.63, 3.8) is 0 Å². The zero-order valence-electron chi connectivity index (χ0n) is 16.5. The van der Waals surface area contributed by atoms with Crippen LogP contribution in [0.25, 0.3) is 10.9 Å². The van der Waals surface area contributed by atoms with E-state index in [-0.39, 0.29) is 48.8 Å². The number of hydrogen-bond donors (Lipinski definition) is 2. The van der Waals surface area contributed by atoms with Gasteiger partial charge in [0, 0.05) is 40.0 Å². The third-order valence-corrected chi connectivity index (χ3v) is 6.33. The Kier molecular flexibility index (Phi) is 6.19. The van der Waals surface area contributed by atoms with E-state index in [9.17, 15) is 9.90 Å². The van der Waals surface area contributed by atoms with E-state index in [1.165, 1.54) is 12.3 Å². The summed E-state index contributed by atoms with van der Waals surface area (Å²) < 4.78 is 30.4. The topological polar surface area (TPSA) is 69.2 Å². The minimum atomic E-state index is -3.38. The summed E-state index contributed by atoms with van der Waals surface area (Å²) in [6, 6.07) is 9.91. The van der Waals surface area contributed by atoms with Gasteiger partial charge in [-0.05, 0) is 42.7 Å². The number of hydrogen-bond acceptors (Lipinski definition) is 3. The van der Waals surface area contributed by atoms with Crippen molar-refractivity contribution in [3.05, 3.63) is 63.8 Å². The van der Waals surface area contributed by atoms with Crippen molar-refractivity contribution in [1.82, 2.24) is 15.1 Å². The number of nitrogens with one attached hydrogen (secondary N) is 1. The Labute approximate surface area is 187 Å². The number of aromatic amines is 1. The lowest BCUT2D eigenvalue weighted by atomic mass is 9.84. The van der Waals surface area contributed by atoms with Crippen molar-refractivity contribution < 1.29 is 18.7 Å². The highest BCUT2D eigenvalue weighted by atomic mass is 35.5. The molecule has 0 saturated carbocycles. The molecule has 1 atom stereocenters. The molecule has 2 aromatic carbocycles. The van der Waals surface area contributed by atoms with Crippen LogP contribution in [0.1, 0.15) is 30.1 Å². The van der Waals surface area contributed by atoms with Crippen molar-refractivity contribution in [2.75, 3.05) is 13.1 Å². The van der Waals surface area contributed by atoms with Crippen LogP contribution in [0.15, 0.2) is 42.6 Å². The summed E-state index contributed by atoms with van der Waals surface area (Å²) in [5.41, 5.74) is 1.18. The largest absolute Gasteiger partial charge is 0.382 e. The fourth-order valence-corrected chi connectivity index (χ4v) is 4.46. The Hall–Kier alpha value is -2.22. The predicted octanol–water partition coefficient (Wildman–Crippen LogP) is 5.02. The number of nitrogens with zero attached hydrogens (tertiary/aromatic N) is 2. The lowest BCUT2D eigenvalue weighted by Crippen LogP contribution is -2.45. The normalized spacial score (nSPS) is 16.6. The van der Waals surface area contributed by atoms with E-state index in [0.29, 0.717) is 15.9 Å². The fourth-order valence-electron chi connectivity index (χ4n) is 4.10. The first-order chi connectivity index (χ1) is 14.8. The van der Waals surface area contributed by atoms with Crippen LogP contribution < -0.4 is 0 Å². The number of aliphatic hydroxyl groups excluding tert-OH is 1. The van der Waals surface area contributed by atoms with Gasteiger partial charge in [-0.2, -0.15) is 5.10 Å². The number of amides is 1. The van der Waals surface area contributed by atoms with Crippen LogP contribution in [0, 0.1) is 5.92 Å². The zero-order valence-corrected chi connectivity index (χ0v) is 18.0. The average Bonchev–Trinajstić information content (AvgIpc) is 3.22. The summed E-state index contributed by atoms with van der Waals surface area (Å²) in [6.07, 6.45) is -0.163. The average molecular weight is 468 g/mol. The molecular weight excluding hydrogens is 447 g/mol. The van der Waals surface area contributed by atoms with Crippen LogP contribution in [-0.2, 0) is 11.2 Å². The minimum absolute atomic E-state index is 0.0197. The maximum absolute atomic E-state index is 15.2. The van der Waals surface area contributed by atoms with E-state index in [2.05, 4.69) is 10.2 Å². The highest BCUT2D eigenvalue weighted by molar-refractivity contribution is 6.31. The summed E-state index contributed by atoms with van der Waals surface area (Å²) in [5, 5.41) is 18.5. The Morgan fingerprint density at radius 1 is 1.19 bits per heavy atom. The van der Waals surface area contributed by atoms with Crippen molar-refractivity contribution in [1.29, 1.82) is 0 Å². The standard InChI is InChI=1S/C22H21Cl2F2N3O2/c23-16-3-1-13(2-4-16)9-19(30)29-7-5-15(6-8-29)22(25,26)21(31)18-11-17(24)10-14-12-27-28-20(14)18/h1-4,10-12,15,21,31H,5-9H2,(H,27,28). The smallest absolute Gasteiger partial charge is 0.280 e. The molecule has 31 heavy (non-hydrogen) atoms. The number of carbonyl (C=O) groups excluding carboxylic acids is 1. The van der Waals surface area contributed by atoms with E-state index in [1.54, 1.807) is 35.2 Å². The quantitative estimate of drug-likeness (QED) is 0.553. The molecule has 1 unspecified atom stereocenters. The number of H-pyrrole nitrogens is 1. The van der Waals surface area contributed by atoms with Gasteiger partial charge in [0.2, 0.25) is 5.91 Å². The van der Waals surface area contributed by atoms with Gasteiger partial charge in [0.05, 0.1) is 18.1 Å². The molecule has 0 aliphatic carbocycles. The summed E-state index contributed by atoms with van der Waals surface area (Å²) in [7, 11) is 0. The molecular formula is C22H21Cl2F2N3O2. The van der Waals surface area contributed by atoms with Gasteiger partial charge in [0.15, 0.2) is 0 Å². The van der Waals surface area contributed by atoms with Crippen LogP contribution in [0.5, 0.6) is 0 Å². The second-order valence-corrected chi connectivity index (χ2v) is 8.74. The summed E-state index contributed by atoms with van der Waals surface area (Å²) >= 11 is 11.9. The highest BCUT2D eigenvalue weighted by Gasteiger charge is 2.48. The summed E-state index contributed by atoms with van der Waals surface area (Å²) in [6.45, 7) is 0.433. The van der Waals surface area contributed by atoms with Gasteiger partial charge in [-0.3, -0.25) is 9.89 Å². The molecule has 5 nitrogen and oxygen atoms in total. The number of aliphatic hydroxyl groups is 1. The molecule has 1 aromatic heterocycles. The molecule has 0 radical (unpaired) electrons.